The highest BCUT2D eigenvalue weighted by atomic mass is 32.1. The second-order valence-electron chi connectivity index (χ2n) is 5.24. The van der Waals surface area contributed by atoms with Gasteiger partial charge in [-0.25, -0.2) is 4.39 Å². The number of aryl methyl sites for hydroxylation is 1. The van der Waals surface area contributed by atoms with Gasteiger partial charge in [-0.3, -0.25) is 0 Å². The van der Waals surface area contributed by atoms with Gasteiger partial charge >= 0.3 is 0 Å². The lowest BCUT2D eigenvalue weighted by Crippen LogP contribution is -2.22. The number of nitrogens with one attached hydrogen (secondary N) is 1. The van der Waals surface area contributed by atoms with Crippen molar-refractivity contribution < 1.29 is 4.39 Å². The highest BCUT2D eigenvalue weighted by Crippen LogP contribution is 2.35. The number of rotatable bonds is 3. The van der Waals surface area contributed by atoms with Crippen LogP contribution in [0.5, 0.6) is 0 Å². The number of hydrogen-bond donors (Lipinski definition) is 1. The van der Waals surface area contributed by atoms with Gasteiger partial charge in [-0.15, -0.1) is 11.3 Å². The van der Waals surface area contributed by atoms with E-state index in [1.807, 2.05) is 17.4 Å². The summed E-state index contributed by atoms with van der Waals surface area (Å²) in [5.74, 6) is -0.0542. The van der Waals surface area contributed by atoms with Gasteiger partial charge in [0.25, 0.3) is 0 Å². The van der Waals surface area contributed by atoms with Crippen LogP contribution >= 0.6 is 11.3 Å². The first-order valence-electron chi connectivity index (χ1n) is 6.75. The monoisotopic (exact) mass is 275 g/mol. The number of fused-ring (bicyclic) bond motifs is 1. The largest absolute Gasteiger partial charge is 0.303 e. The predicted octanol–water partition coefficient (Wildman–Crippen LogP) is 4.53. The van der Waals surface area contributed by atoms with E-state index in [4.69, 9.17) is 0 Å². The molecule has 1 N–H and O–H groups in total. The standard InChI is InChI=1S/C16H18FNS/c1-10-6-9-16(19-10)11(2)18-15-8-7-12-13(15)4-3-5-14(12)17/h3-6,9,11,15,18H,7-8H2,1-2H3. The fraction of sp³-hybridized carbons (Fsp3) is 0.375. The van der Waals surface area contributed by atoms with Crippen LogP contribution in [0.1, 0.15) is 46.3 Å². The molecular formula is C16H18FNS. The van der Waals surface area contributed by atoms with E-state index in [2.05, 4.69) is 37.4 Å². The van der Waals surface area contributed by atoms with Crippen LogP contribution in [0, 0.1) is 12.7 Å². The minimum Gasteiger partial charge on any atom is -0.303 e. The molecule has 100 valence electrons. The van der Waals surface area contributed by atoms with Gasteiger partial charge < -0.3 is 5.32 Å². The molecule has 0 bridgehead atoms. The molecule has 0 radical (unpaired) electrons. The Kier molecular flexibility index (Phi) is 3.42. The van der Waals surface area contributed by atoms with Crippen LogP contribution in [0.3, 0.4) is 0 Å². The number of benzene rings is 1. The summed E-state index contributed by atoms with van der Waals surface area (Å²) in [6.45, 7) is 4.31. The summed E-state index contributed by atoms with van der Waals surface area (Å²) in [6, 6.07) is 10.4. The van der Waals surface area contributed by atoms with Crippen LogP contribution < -0.4 is 5.32 Å². The summed E-state index contributed by atoms with van der Waals surface area (Å²) in [4.78, 5) is 2.68. The maximum atomic E-state index is 13.7. The second-order valence-corrected chi connectivity index (χ2v) is 6.56. The molecule has 1 nitrogen and oxygen atoms in total. The Balaban J connectivity index is 1.78. The average Bonchev–Trinajstić information content (AvgIpc) is 2.98. The van der Waals surface area contributed by atoms with Crippen LogP contribution in [0.4, 0.5) is 4.39 Å². The first kappa shape index (κ1) is 12.8. The molecule has 1 aliphatic rings. The quantitative estimate of drug-likeness (QED) is 0.867. The van der Waals surface area contributed by atoms with Gasteiger partial charge in [-0.05, 0) is 56.0 Å². The summed E-state index contributed by atoms with van der Waals surface area (Å²) in [5.41, 5.74) is 2.04. The summed E-state index contributed by atoms with van der Waals surface area (Å²) in [7, 11) is 0. The van der Waals surface area contributed by atoms with Crippen molar-refractivity contribution in [2.24, 2.45) is 0 Å². The van der Waals surface area contributed by atoms with Crippen molar-refractivity contribution in [3.8, 4) is 0 Å². The Morgan fingerprint density at radius 1 is 1.32 bits per heavy atom. The van der Waals surface area contributed by atoms with E-state index >= 15 is 0 Å². The molecule has 2 unspecified atom stereocenters. The summed E-state index contributed by atoms with van der Waals surface area (Å²) in [5, 5.41) is 3.64. The second kappa shape index (κ2) is 5.06. The molecule has 0 amide bonds. The van der Waals surface area contributed by atoms with Crippen molar-refractivity contribution in [2.45, 2.75) is 38.8 Å². The van der Waals surface area contributed by atoms with Gasteiger partial charge in [0.15, 0.2) is 0 Å². The van der Waals surface area contributed by atoms with Gasteiger partial charge in [0.2, 0.25) is 0 Å². The lowest BCUT2D eigenvalue weighted by molar-refractivity contribution is 0.469. The van der Waals surface area contributed by atoms with Gasteiger partial charge in [0.05, 0.1) is 0 Å². The molecule has 1 aliphatic carbocycles. The summed E-state index contributed by atoms with van der Waals surface area (Å²) < 4.78 is 13.7. The van der Waals surface area contributed by atoms with Crippen LogP contribution in [-0.2, 0) is 6.42 Å². The van der Waals surface area contributed by atoms with E-state index in [1.165, 1.54) is 9.75 Å². The molecule has 1 aromatic carbocycles. The molecule has 1 aromatic heterocycles. The third-order valence-electron chi connectivity index (χ3n) is 3.85. The van der Waals surface area contributed by atoms with E-state index < -0.39 is 0 Å². The Labute approximate surface area is 117 Å². The molecule has 2 atom stereocenters. The SMILES string of the molecule is Cc1ccc(C(C)NC2CCc3c(F)cccc32)s1. The third-order valence-corrected chi connectivity index (χ3v) is 5.04. The van der Waals surface area contributed by atoms with E-state index in [1.54, 1.807) is 6.07 Å². The molecule has 0 saturated heterocycles. The molecule has 19 heavy (non-hydrogen) atoms. The van der Waals surface area contributed by atoms with Crippen molar-refractivity contribution in [3.63, 3.8) is 0 Å². The summed E-state index contributed by atoms with van der Waals surface area (Å²) in [6.07, 6.45) is 1.83. The Bertz CT molecular complexity index is 590. The van der Waals surface area contributed by atoms with Crippen LogP contribution in [0.2, 0.25) is 0 Å². The minimum atomic E-state index is -0.0542. The zero-order chi connectivity index (χ0) is 13.4. The molecular weight excluding hydrogens is 257 g/mol. The van der Waals surface area contributed by atoms with E-state index in [0.717, 1.165) is 24.0 Å². The van der Waals surface area contributed by atoms with Crippen LogP contribution in [-0.4, -0.2) is 0 Å². The van der Waals surface area contributed by atoms with Crippen molar-refractivity contribution >= 4 is 11.3 Å². The van der Waals surface area contributed by atoms with Crippen LogP contribution in [0.15, 0.2) is 30.3 Å². The Morgan fingerprint density at radius 2 is 2.16 bits per heavy atom. The molecule has 3 rings (SSSR count). The van der Waals surface area contributed by atoms with Crippen molar-refractivity contribution in [2.75, 3.05) is 0 Å². The fourth-order valence-corrected chi connectivity index (χ4v) is 3.74. The molecule has 1 heterocycles. The number of halogens is 1. The first-order valence-corrected chi connectivity index (χ1v) is 7.56. The van der Waals surface area contributed by atoms with Crippen molar-refractivity contribution in [1.82, 2.24) is 5.32 Å². The zero-order valence-electron chi connectivity index (χ0n) is 11.2. The maximum absolute atomic E-state index is 13.7. The molecule has 0 spiro atoms. The molecule has 0 aliphatic heterocycles. The van der Waals surface area contributed by atoms with E-state index in [0.29, 0.717) is 6.04 Å². The number of thiophene rings is 1. The van der Waals surface area contributed by atoms with E-state index in [9.17, 15) is 4.39 Å². The van der Waals surface area contributed by atoms with Crippen molar-refractivity contribution in [1.29, 1.82) is 0 Å². The Morgan fingerprint density at radius 3 is 2.89 bits per heavy atom. The zero-order valence-corrected chi connectivity index (χ0v) is 12.1. The van der Waals surface area contributed by atoms with Gasteiger partial charge in [0.1, 0.15) is 5.82 Å². The normalized spacial score (nSPS) is 19.4. The first-order chi connectivity index (χ1) is 9.15. The highest BCUT2D eigenvalue weighted by Gasteiger charge is 2.26. The average molecular weight is 275 g/mol. The molecule has 0 saturated carbocycles. The molecule has 2 aromatic rings. The topological polar surface area (TPSA) is 12.0 Å². The van der Waals surface area contributed by atoms with Crippen molar-refractivity contribution in [3.05, 3.63) is 57.0 Å². The predicted molar refractivity (Wildman–Crippen MR) is 78.1 cm³/mol. The molecule has 0 fully saturated rings. The smallest absolute Gasteiger partial charge is 0.126 e. The third kappa shape index (κ3) is 2.45. The maximum Gasteiger partial charge on any atom is 0.126 e. The lowest BCUT2D eigenvalue weighted by Gasteiger charge is -2.19. The van der Waals surface area contributed by atoms with Gasteiger partial charge in [-0.2, -0.15) is 0 Å². The Hall–Kier alpha value is -1.19. The number of hydrogen-bond acceptors (Lipinski definition) is 2. The fourth-order valence-electron chi connectivity index (χ4n) is 2.85. The van der Waals surface area contributed by atoms with E-state index in [-0.39, 0.29) is 11.9 Å². The van der Waals surface area contributed by atoms with Gasteiger partial charge in [-0.1, -0.05) is 12.1 Å². The van der Waals surface area contributed by atoms with Gasteiger partial charge in [0, 0.05) is 21.8 Å². The van der Waals surface area contributed by atoms with Crippen LogP contribution in [0.25, 0.3) is 0 Å². The molecule has 3 heteroatoms. The minimum absolute atomic E-state index is 0.0542. The highest BCUT2D eigenvalue weighted by molar-refractivity contribution is 7.12. The lowest BCUT2D eigenvalue weighted by atomic mass is 10.1. The summed E-state index contributed by atoms with van der Waals surface area (Å²) >= 11 is 1.83.